The molecule has 0 radical (unpaired) electrons. The maximum Gasteiger partial charge on any atom is 0.418 e. The monoisotopic (exact) mass is 617 g/mol. The summed E-state index contributed by atoms with van der Waals surface area (Å²) in [6.07, 6.45) is -2.59. The number of halogens is 3. The van der Waals surface area contributed by atoms with E-state index in [0.29, 0.717) is 60.6 Å². The van der Waals surface area contributed by atoms with Gasteiger partial charge < -0.3 is 9.64 Å². The molecule has 226 valence electrons. The molecule has 1 aromatic heterocycles. The van der Waals surface area contributed by atoms with Crippen molar-refractivity contribution in [2.45, 2.75) is 17.5 Å². The predicted molar refractivity (Wildman–Crippen MR) is 164 cm³/mol. The molecule has 1 saturated heterocycles. The second-order valence-corrected chi connectivity index (χ2v) is 12.8. The Morgan fingerprint density at radius 3 is 2.23 bits per heavy atom. The van der Waals surface area contributed by atoms with E-state index in [-0.39, 0.29) is 10.4 Å². The van der Waals surface area contributed by atoms with E-state index in [9.17, 15) is 21.6 Å². The number of ether oxygens (including phenoxy) is 1. The summed E-state index contributed by atoms with van der Waals surface area (Å²) < 4.78 is 76.1. The average molecular weight is 618 g/mol. The van der Waals surface area contributed by atoms with Gasteiger partial charge in [-0.3, -0.25) is 4.98 Å². The fourth-order valence-corrected chi connectivity index (χ4v) is 6.97. The Labute approximate surface area is 254 Å². The minimum Gasteiger partial charge on any atom is -0.457 e. The number of alkyl halides is 3. The lowest BCUT2D eigenvalue weighted by molar-refractivity contribution is -0.136. The number of hydrogen-bond acceptors (Lipinski definition) is 5. The van der Waals surface area contributed by atoms with Crippen molar-refractivity contribution in [2.24, 2.45) is 0 Å². The van der Waals surface area contributed by atoms with Crippen molar-refractivity contribution in [3.8, 4) is 22.6 Å². The molecule has 6 nitrogen and oxygen atoms in total. The molecule has 5 aromatic rings. The first-order valence-corrected chi connectivity index (χ1v) is 15.6. The third-order valence-electron chi connectivity index (χ3n) is 7.78. The summed E-state index contributed by atoms with van der Waals surface area (Å²) in [5.74, 6) is 0.750. The lowest BCUT2D eigenvalue weighted by Crippen LogP contribution is -2.46. The quantitative estimate of drug-likeness (QED) is 0.193. The van der Waals surface area contributed by atoms with E-state index in [0.717, 1.165) is 17.2 Å². The van der Waals surface area contributed by atoms with Gasteiger partial charge in [-0.1, -0.05) is 60.7 Å². The number of sulfonamides is 1. The van der Waals surface area contributed by atoms with Gasteiger partial charge in [-0.2, -0.15) is 17.5 Å². The maximum absolute atomic E-state index is 14.0. The average Bonchev–Trinajstić information content (AvgIpc) is 3.01. The Morgan fingerprint density at radius 2 is 1.50 bits per heavy atom. The largest absolute Gasteiger partial charge is 0.457 e. The second kappa shape index (κ2) is 12.0. The summed E-state index contributed by atoms with van der Waals surface area (Å²) in [6.45, 7) is 2.13. The van der Waals surface area contributed by atoms with Crippen molar-refractivity contribution in [3.05, 3.63) is 120 Å². The van der Waals surface area contributed by atoms with Crippen LogP contribution in [0.15, 0.2) is 108 Å². The lowest BCUT2D eigenvalue weighted by atomic mass is 9.92. The zero-order chi connectivity index (χ0) is 30.9. The minimum atomic E-state index is -4.56. The second-order valence-electron chi connectivity index (χ2n) is 10.8. The highest BCUT2D eigenvalue weighted by Gasteiger charge is 2.34. The van der Waals surface area contributed by atoms with Crippen LogP contribution in [0.3, 0.4) is 0 Å². The number of fused-ring (bicyclic) bond motifs is 1. The van der Waals surface area contributed by atoms with Gasteiger partial charge in [-0.15, -0.1) is 0 Å². The van der Waals surface area contributed by atoms with E-state index >= 15 is 0 Å². The van der Waals surface area contributed by atoms with Crippen LogP contribution in [-0.4, -0.2) is 55.8 Å². The molecule has 1 aliphatic heterocycles. The number of hydrogen-bond donors (Lipinski definition) is 0. The Hall–Kier alpha value is -4.25. The number of likely N-dealkylation sites (N-methyl/N-ethyl adjacent to an activating group) is 1. The smallest absolute Gasteiger partial charge is 0.418 e. The number of piperazine rings is 1. The molecule has 0 atom stereocenters. The van der Waals surface area contributed by atoms with Crippen molar-refractivity contribution < 1.29 is 26.3 Å². The third kappa shape index (κ3) is 6.19. The molecular weight excluding hydrogens is 587 g/mol. The molecule has 0 spiro atoms. The summed E-state index contributed by atoms with van der Waals surface area (Å²) in [5.41, 5.74) is 2.12. The number of benzene rings is 4. The summed E-state index contributed by atoms with van der Waals surface area (Å²) >= 11 is 0. The molecule has 0 bridgehead atoms. The van der Waals surface area contributed by atoms with Gasteiger partial charge in [-0.05, 0) is 66.1 Å². The molecule has 6 rings (SSSR count). The number of rotatable bonds is 7. The molecule has 0 amide bonds. The molecule has 0 unspecified atom stereocenters. The standard InChI is InChI=1S/C34H30F3N3O3S/c1-39-16-18-40(19-17-39)44(41,42)29-13-6-12-28(22-29)43-27-11-5-10-25(21-27)32-26(20-24-8-3-2-4-9-24)23-38-33-30(32)14-7-15-31(33)34(35,36)37/h2-15,21-23H,16-20H2,1H3. The fourth-order valence-electron chi connectivity index (χ4n) is 5.51. The van der Waals surface area contributed by atoms with Gasteiger partial charge in [0.2, 0.25) is 10.0 Å². The van der Waals surface area contributed by atoms with Crippen LogP contribution in [-0.2, 0) is 22.6 Å². The normalized spacial score (nSPS) is 15.0. The SMILES string of the molecule is CN1CCN(S(=O)(=O)c2cccc(Oc3cccc(-c4c(Cc5ccccc5)cnc5c(C(F)(F)F)cccc45)c3)c2)CC1. The first kappa shape index (κ1) is 29.8. The lowest BCUT2D eigenvalue weighted by Gasteiger charge is -2.31. The van der Waals surface area contributed by atoms with E-state index < -0.39 is 21.8 Å². The number of pyridine rings is 1. The van der Waals surface area contributed by atoms with Crippen LogP contribution in [0.5, 0.6) is 11.5 Å². The Kier molecular flexibility index (Phi) is 8.15. The van der Waals surface area contributed by atoms with Crippen molar-refractivity contribution >= 4 is 20.9 Å². The van der Waals surface area contributed by atoms with Gasteiger partial charge >= 0.3 is 6.18 Å². The summed E-state index contributed by atoms with van der Waals surface area (Å²) in [5, 5.41) is 0.380. The van der Waals surface area contributed by atoms with Crippen molar-refractivity contribution in [3.63, 3.8) is 0 Å². The Morgan fingerprint density at radius 1 is 0.818 bits per heavy atom. The zero-order valence-electron chi connectivity index (χ0n) is 24.0. The van der Waals surface area contributed by atoms with Crippen molar-refractivity contribution in [1.29, 1.82) is 0 Å². The van der Waals surface area contributed by atoms with Crippen LogP contribution in [0.2, 0.25) is 0 Å². The number of nitrogens with zero attached hydrogens (tertiary/aromatic N) is 3. The minimum absolute atomic E-state index is 0.125. The van der Waals surface area contributed by atoms with E-state index in [1.807, 2.05) is 43.4 Å². The van der Waals surface area contributed by atoms with Gasteiger partial charge in [0.1, 0.15) is 11.5 Å². The molecule has 2 heterocycles. The van der Waals surface area contributed by atoms with E-state index in [1.165, 1.54) is 22.6 Å². The van der Waals surface area contributed by atoms with Crippen LogP contribution in [0, 0.1) is 0 Å². The molecule has 0 saturated carbocycles. The van der Waals surface area contributed by atoms with Gasteiger partial charge in [0.25, 0.3) is 0 Å². The molecule has 1 aliphatic rings. The number of para-hydroxylation sites is 1. The van der Waals surface area contributed by atoms with Gasteiger partial charge in [-0.25, -0.2) is 8.42 Å². The molecule has 1 fully saturated rings. The van der Waals surface area contributed by atoms with Gasteiger partial charge in [0, 0.05) is 43.8 Å². The predicted octanol–water partition coefficient (Wildman–Crippen LogP) is 7.24. The third-order valence-corrected chi connectivity index (χ3v) is 9.68. The first-order chi connectivity index (χ1) is 21.1. The number of aromatic nitrogens is 1. The van der Waals surface area contributed by atoms with E-state index in [1.54, 1.807) is 42.5 Å². The molecule has 4 aromatic carbocycles. The van der Waals surface area contributed by atoms with Gasteiger partial charge in [0.15, 0.2) is 0 Å². The summed E-state index contributed by atoms with van der Waals surface area (Å²) in [6, 6.07) is 27.2. The Bertz CT molecular complexity index is 1910. The van der Waals surface area contributed by atoms with E-state index in [2.05, 4.69) is 9.88 Å². The molecular formula is C34H30F3N3O3S. The molecule has 0 N–H and O–H groups in total. The van der Waals surface area contributed by atoms with Crippen LogP contribution in [0.1, 0.15) is 16.7 Å². The zero-order valence-corrected chi connectivity index (χ0v) is 24.8. The Balaban J connectivity index is 1.38. The highest BCUT2D eigenvalue weighted by Crippen LogP contribution is 2.40. The van der Waals surface area contributed by atoms with Crippen LogP contribution in [0.25, 0.3) is 22.0 Å². The molecule has 44 heavy (non-hydrogen) atoms. The van der Waals surface area contributed by atoms with Crippen molar-refractivity contribution in [1.82, 2.24) is 14.2 Å². The van der Waals surface area contributed by atoms with Gasteiger partial charge in [0.05, 0.1) is 16.0 Å². The van der Waals surface area contributed by atoms with E-state index in [4.69, 9.17) is 4.74 Å². The van der Waals surface area contributed by atoms with Crippen LogP contribution >= 0.6 is 0 Å². The van der Waals surface area contributed by atoms with Crippen LogP contribution in [0.4, 0.5) is 13.2 Å². The van der Waals surface area contributed by atoms with Crippen LogP contribution < -0.4 is 4.74 Å². The maximum atomic E-state index is 14.0. The van der Waals surface area contributed by atoms with Crippen molar-refractivity contribution in [2.75, 3.05) is 33.2 Å². The summed E-state index contributed by atoms with van der Waals surface area (Å²) in [7, 11) is -1.74. The summed E-state index contributed by atoms with van der Waals surface area (Å²) in [4.78, 5) is 6.50. The first-order valence-electron chi connectivity index (χ1n) is 14.2. The molecule has 10 heteroatoms. The fraction of sp³-hybridized carbons (Fsp3) is 0.206. The molecule has 0 aliphatic carbocycles. The highest BCUT2D eigenvalue weighted by atomic mass is 32.2. The highest BCUT2D eigenvalue weighted by molar-refractivity contribution is 7.89. The topological polar surface area (TPSA) is 62.7 Å².